The van der Waals surface area contributed by atoms with E-state index in [9.17, 15) is 9.90 Å². The number of benzene rings is 1. The average Bonchev–Trinajstić information content (AvgIpc) is 2.65. The molecule has 0 radical (unpaired) electrons. The molecule has 1 aromatic carbocycles. The number of phenolic OH excluding ortho intramolecular Hbond substituents is 1. The average molecular weight is 205 g/mol. The van der Waals surface area contributed by atoms with Crippen molar-refractivity contribution in [1.29, 1.82) is 0 Å². The molecule has 0 spiro atoms. The van der Waals surface area contributed by atoms with Crippen molar-refractivity contribution in [1.82, 2.24) is 0 Å². The van der Waals surface area contributed by atoms with E-state index in [0.29, 0.717) is 5.56 Å². The van der Waals surface area contributed by atoms with Gasteiger partial charge in [0, 0.05) is 23.7 Å². The summed E-state index contributed by atoms with van der Waals surface area (Å²) in [4.78, 5) is 10.8. The Balaban J connectivity index is 2.27. The van der Waals surface area contributed by atoms with Crippen LogP contribution in [0.15, 0.2) is 30.4 Å². The van der Waals surface area contributed by atoms with Gasteiger partial charge in [0.15, 0.2) is 0 Å². The molecule has 2 rings (SSSR count). The van der Waals surface area contributed by atoms with Gasteiger partial charge in [-0.2, -0.15) is 0 Å². The van der Waals surface area contributed by atoms with Crippen LogP contribution in [0.5, 0.6) is 5.75 Å². The van der Waals surface area contributed by atoms with Gasteiger partial charge in [0.25, 0.3) is 0 Å². The number of cyclic esters (lactones) is 1. The fraction of sp³-hybridized carbons (Fsp3) is 0.182. The first-order chi connectivity index (χ1) is 7.20. The van der Waals surface area contributed by atoms with Crippen LogP contribution in [0.4, 0.5) is 0 Å². The van der Waals surface area contributed by atoms with Crippen molar-refractivity contribution in [2.24, 2.45) is 5.73 Å². The van der Waals surface area contributed by atoms with E-state index in [4.69, 9.17) is 10.5 Å². The number of ether oxygens (including phenoxy) is 1. The molecule has 1 aromatic rings. The highest BCUT2D eigenvalue weighted by Gasteiger charge is 2.19. The second-order valence-electron chi connectivity index (χ2n) is 3.31. The molecule has 78 valence electrons. The fourth-order valence-electron chi connectivity index (χ4n) is 1.48. The van der Waals surface area contributed by atoms with Gasteiger partial charge in [0.2, 0.25) is 0 Å². The summed E-state index contributed by atoms with van der Waals surface area (Å²) < 4.78 is 4.98. The second kappa shape index (κ2) is 3.74. The summed E-state index contributed by atoms with van der Waals surface area (Å²) >= 11 is 0. The van der Waals surface area contributed by atoms with E-state index >= 15 is 0 Å². The van der Waals surface area contributed by atoms with Crippen LogP contribution in [-0.2, 0) is 16.1 Å². The number of hydrogen-bond donors (Lipinski definition) is 2. The highest BCUT2D eigenvalue weighted by Crippen LogP contribution is 2.28. The molecule has 15 heavy (non-hydrogen) atoms. The van der Waals surface area contributed by atoms with Crippen molar-refractivity contribution < 1.29 is 14.6 Å². The molecule has 1 unspecified atom stereocenters. The number of carbonyl (C=O) groups is 1. The number of nitrogens with two attached hydrogens (primary N) is 1. The number of hydrogen-bond acceptors (Lipinski definition) is 4. The summed E-state index contributed by atoms with van der Waals surface area (Å²) in [7, 11) is 0. The maximum absolute atomic E-state index is 10.8. The Kier molecular flexibility index (Phi) is 2.43. The van der Waals surface area contributed by atoms with Gasteiger partial charge in [-0.1, -0.05) is 12.1 Å². The minimum Gasteiger partial charge on any atom is -0.508 e. The zero-order chi connectivity index (χ0) is 10.8. The van der Waals surface area contributed by atoms with Crippen molar-refractivity contribution >= 4 is 5.97 Å². The lowest BCUT2D eigenvalue weighted by Gasteiger charge is -2.10. The molecule has 4 heteroatoms. The van der Waals surface area contributed by atoms with Crippen LogP contribution in [0.2, 0.25) is 0 Å². The van der Waals surface area contributed by atoms with Crippen LogP contribution in [-0.4, -0.2) is 11.1 Å². The number of carbonyl (C=O) groups excluding carboxylic acids is 1. The topological polar surface area (TPSA) is 72.6 Å². The smallest absolute Gasteiger partial charge is 0.331 e. The number of esters is 1. The molecular weight excluding hydrogens is 194 g/mol. The number of rotatable bonds is 2. The molecule has 0 aromatic heterocycles. The van der Waals surface area contributed by atoms with E-state index in [1.54, 1.807) is 24.3 Å². The molecule has 0 bridgehead atoms. The first-order valence-corrected chi connectivity index (χ1v) is 4.61. The Bertz CT molecular complexity index is 426. The molecule has 0 aliphatic carbocycles. The Hall–Kier alpha value is -1.81. The van der Waals surface area contributed by atoms with Gasteiger partial charge in [0.1, 0.15) is 11.9 Å². The van der Waals surface area contributed by atoms with Crippen LogP contribution in [0, 0.1) is 0 Å². The summed E-state index contributed by atoms with van der Waals surface area (Å²) in [6.45, 7) is 0.284. The molecule has 4 nitrogen and oxygen atoms in total. The van der Waals surface area contributed by atoms with Gasteiger partial charge in [0.05, 0.1) is 0 Å². The minimum absolute atomic E-state index is 0.131. The Labute approximate surface area is 87.0 Å². The monoisotopic (exact) mass is 205 g/mol. The number of phenols is 1. The Morgan fingerprint density at radius 3 is 2.80 bits per heavy atom. The maximum atomic E-state index is 10.8. The van der Waals surface area contributed by atoms with Gasteiger partial charge in [-0.3, -0.25) is 0 Å². The van der Waals surface area contributed by atoms with Crippen molar-refractivity contribution in [3.8, 4) is 5.75 Å². The normalized spacial score (nSPS) is 19.3. The maximum Gasteiger partial charge on any atom is 0.331 e. The van der Waals surface area contributed by atoms with E-state index in [1.807, 2.05) is 0 Å². The lowest BCUT2D eigenvalue weighted by molar-refractivity contribution is -0.138. The molecule has 0 fully saturated rings. The summed E-state index contributed by atoms with van der Waals surface area (Å²) in [6.07, 6.45) is 2.63. The zero-order valence-corrected chi connectivity index (χ0v) is 8.01. The third kappa shape index (κ3) is 1.85. The number of aromatic hydroxyl groups is 1. The van der Waals surface area contributed by atoms with Crippen LogP contribution in [0.3, 0.4) is 0 Å². The predicted octanol–water partition coefficient (Wildman–Crippen LogP) is 1.00. The molecule has 0 saturated heterocycles. The molecule has 1 aliphatic heterocycles. The lowest BCUT2D eigenvalue weighted by atomic mass is 10.1. The second-order valence-corrected chi connectivity index (χ2v) is 3.31. The first-order valence-electron chi connectivity index (χ1n) is 4.61. The highest BCUT2D eigenvalue weighted by molar-refractivity contribution is 5.84. The van der Waals surface area contributed by atoms with Crippen molar-refractivity contribution in [3.05, 3.63) is 41.5 Å². The standard InChI is InChI=1S/C11H11NO3/c12-6-8-2-1-7(5-9(8)13)10-3-4-11(14)15-10/h1-5,10,13H,6,12H2. The van der Waals surface area contributed by atoms with Crippen molar-refractivity contribution in [2.75, 3.05) is 0 Å². The largest absolute Gasteiger partial charge is 0.508 e. The van der Waals surface area contributed by atoms with Gasteiger partial charge in [-0.15, -0.1) is 0 Å². The third-order valence-electron chi connectivity index (χ3n) is 2.31. The minimum atomic E-state index is -0.393. The van der Waals surface area contributed by atoms with Crippen LogP contribution in [0.1, 0.15) is 17.2 Å². The summed E-state index contributed by atoms with van der Waals surface area (Å²) in [5.74, 6) is -0.228. The van der Waals surface area contributed by atoms with Crippen LogP contribution >= 0.6 is 0 Å². The molecule has 0 saturated carbocycles. The van der Waals surface area contributed by atoms with Crippen LogP contribution in [0.25, 0.3) is 0 Å². The molecule has 0 amide bonds. The summed E-state index contributed by atoms with van der Waals surface area (Å²) in [6, 6.07) is 5.08. The molecule has 1 heterocycles. The summed E-state index contributed by atoms with van der Waals surface area (Å²) in [5, 5.41) is 9.57. The molecule has 3 N–H and O–H groups in total. The summed E-state index contributed by atoms with van der Waals surface area (Å²) in [5.41, 5.74) is 6.83. The van der Waals surface area contributed by atoms with Gasteiger partial charge in [-0.05, 0) is 12.1 Å². The molecular formula is C11H11NO3. The fourth-order valence-corrected chi connectivity index (χ4v) is 1.48. The first kappa shape index (κ1) is 9.73. The third-order valence-corrected chi connectivity index (χ3v) is 2.31. The van der Waals surface area contributed by atoms with E-state index < -0.39 is 6.10 Å². The van der Waals surface area contributed by atoms with E-state index in [-0.39, 0.29) is 18.3 Å². The SMILES string of the molecule is NCc1ccc(C2C=CC(=O)O2)cc1O. The quantitative estimate of drug-likeness (QED) is 0.706. The van der Waals surface area contributed by atoms with Gasteiger partial charge >= 0.3 is 5.97 Å². The Morgan fingerprint density at radius 1 is 1.47 bits per heavy atom. The van der Waals surface area contributed by atoms with Gasteiger partial charge < -0.3 is 15.6 Å². The molecule has 1 aliphatic rings. The van der Waals surface area contributed by atoms with E-state index in [0.717, 1.165) is 5.56 Å². The highest BCUT2D eigenvalue weighted by atomic mass is 16.5. The van der Waals surface area contributed by atoms with Crippen molar-refractivity contribution in [3.63, 3.8) is 0 Å². The zero-order valence-electron chi connectivity index (χ0n) is 8.01. The van der Waals surface area contributed by atoms with Crippen molar-refractivity contribution in [2.45, 2.75) is 12.6 Å². The Morgan fingerprint density at radius 2 is 2.27 bits per heavy atom. The van der Waals surface area contributed by atoms with E-state index in [2.05, 4.69) is 0 Å². The van der Waals surface area contributed by atoms with Crippen LogP contribution < -0.4 is 5.73 Å². The van der Waals surface area contributed by atoms with Gasteiger partial charge in [-0.25, -0.2) is 4.79 Å². The predicted molar refractivity (Wildman–Crippen MR) is 54.0 cm³/mol. The lowest BCUT2D eigenvalue weighted by Crippen LogP contribution is -2.01. The van der Waals surface area contributed by atoms with E-state index in [1.165, 1.54) is 6.08 Å². The molecule has 1 atom stereocenters.